The van der Waals surface area contributed by atoms with Crippen molar-refractivity contribution in [3.63, 3.8) is 0 Å². The molecule has 3 rings (SSSR count). The first-order valence-electron chi connectivity index (χ1n) is 8.29. The number of aromatic nitrogens is 2. The molecule has 2 amide bonds. The minimum absolute atomic E-state index is 0.140. The first-order chi connectivity index (χ1) is 12.6. The Morgan fingerprint density at radius 1 is 1.00 bits per heavy atom. The number of anilines is 1. The molecule has 0 radical (unpaired) electrons. The number of hydrogen-bond acceptors (Lipinski definition) is 3. The monoisotopic (exact) mass is 348 g/mol. The van der Waals surface area contributed by atoms with E-state index >= 15 is 0 Å². The molecule has 26 heavy (non-hydrogen) atoms. The molecule has 0 aliphatic carbocycles. The third-order valence-electron chi connectivity index (χ3n) is 3.87. The Hall–Kier alpha value is -3.41. The highest BCUT2D eigenvalue weighted by atomic mass is 16.2. The van der Waals surface area contributed by atoms with Crippen molar-refractivity contribution in [2.45, 2.75) is 20.0 Å². The average Bonchev–Trinajstić information content (AvgIpc) is 3.14. The summed E-state index contributed by atoms with van der Waals surface area (Å²) in [6, 6.07) is 14.9. The molecule has 0 saturated heterocycles. The van der Waals surface area contributed by atoms with Crippen molar-refractivity contribution in [2.75, 3.05) is 5.32 Å². The molecule has 6 nitrogen and oxygen atoms in total. The van der Waals surface area contributed by atoms with Crippen molar-refractivity contribution in [1.29, 1.82) is 0 Å². The third kappa shape index (κ3) is 4.80. The lowest BCUT2D eigenvalue weighted by molar-refractivity contribution is -0.114. The topological polar surface area (TPSA) is 76.0 Å². The maximum Gasteiger partial charge on any atom is 0.251 e. The molecule has 3 aromatic rings. The minimum Gasteiger partial charge on any atom is -0.348 e. The summed E-state index contributed by atoms with van der Waals surface area (Å²) in [5.41, 5.74) is 3.42. The second-order valence-corrected chi connectivity index (χ2v) is 5.99. The summed E-state index contributed by atoms with van der Waals surface area (Å²) < 4.78 is 2.00. The Morgan fingerprint density at radius 2 is 1.69 bits per heavy atom. The van der Waals surface area contributed by atoms with Crippen LogP contribution in [-0.4, -0.2) is 21.4 Å². The fourth-order valence-corrected chi connectivity index (χ4v) is 2.55. The van der Waals surface area contributed by atoms with E-state index in [0.717, 1.165) is 12.1 Å². The Bertz CT molecular complexity index is 869. The van der Waals surface area contributed by atoms with Crippen LogP contribution < -0.4 is 10.6 Å². The number of carbonyl (C=O) groups is 2. The van der Waals surface area contributed by atoms with Crippen molar-refractivity contribution in [1.82, 2.24) is 14.9 Å². The lowest BCUT2D eigenvalue weighted by Gasteiger charge is -2.08. The van der Waals surface area contributed by atoms with Crippen LogP contribution in [0, 0.1) is 0 Å². The molecular weight excluding hydrogens is 328 g/mol. The van der Waals surface area contributed by atoms with E-state index in [9.17, 15) is 9.59 Å². The van der Waals surface area contributed by atoms with Gasteiger partial charge in [-0.2, -0.15) is 0 Å². The third-order valence-corrected chi connectivity index (χ3v) is 3.87. The number of amides is 2. The number of nitrogens with one attached hydrogen (secondary N) is 2. The Morgan fingerprint density at radius 3 is 2.31 bits per heavy atom. The van der Waals surface area contributed by atoms with E-state index < -0.39 is 0 Å². The number of imidazole rings is 1. The molecule has 2 aromatic carbocycles. The lowest BCUT2D eigenvalue weighted by atomic mass is 10.1. The minimum atomic E-state index is -0.151. The highest BCUT2D eigenvalue weighted by Crippen LogP contribution is 2.10. The Balaban J connectivity index is 1.53. The zero-order chi connectivity index (χ0) is 18.4. The number of benzene rings is 2. The molecule has 0 aliphatic heterocycles. The molecule has 0 spiro atoms. The zero-order valence-corrected chi connectivity index (χ0v) is 14.5. The van der Waals surface area contributed by atoms with Gasteiger partial charge in [-0.15, -0.1) is 0 Å². The second kappa shape index (κ2) is 8.11. The second-order valence-electron chi connectivity index (χ2n) is 5.99. The van der Waals surface area contributed by atoms with Crippen LogP contribution in [0.2, 0.25) is 0 Å². The first-order valence-corrected chi connectivity index (χ1v) is 8.29. The van der Waals surface area contributed by atoms with Gasteiger partial charge in [0, 0.05) is 43.7 Å². The SMILES string of the molecule is CC(=O)Nc1ccc(C(=O)NCc2ccc(Cn3ccnc3)cc2)cc1. The molecule has 6 heteroatoms. The summed E-state index contributed by atoms with van der Waals surface area (Å²) in [6.45, 7) is 2.67. The van der Waals surface area contributed by atoms with E-state index in [1.807, 2.05) is 35.0 Å². The van der Waals surface area contributed by atoms with Gasteiger partial charge < -0.3 is 15.2 Å². The molecule has 2 N–H and O–H groups in total. The van der Waals surface area contributed by atoms with Gasteiger partial charge in [-0.1, -0.05) is 24.3 Å². The maximum atomic E-state index is 12.2. The number of nitrogens with zero attached hydrogens (tertiary/aromatic N) is 2. The fraction of sp³-hybridized carbons (Fsp3) is 0.150. The molecule has 0 atom stereocenters. The smallest absolute Gasteiger partial charge is 0.251 e. The summed E-state index contributed by atoms with van der Waals surface area (Å²) >= 11 is 0. The molecular formula is C20H20N4O2. The lowest BCUT2D eigenvalue weighted by Crippen LogP contribution is -2.22. The van der Waals surface area contributed by atoms with Crippen LogP contribution in [0.4, 0.5) is 5.69 Å². The maximum absolute atomic E-state index is 12.2. The summed E-state index contributed by atoms with van der Waals surface area (Å²) in [6.07, 6.45) is 5.46. The highest BCUT2D eigenvalue weighted by Gasteiger charge is 2.06. The summed E-state index contributed by atoms with van der Waals surface area (Å²) in [7, 11) is 0. The number of hydrogen-bond donors (Lipinski definition) is 2. The fourth-order valence-electron chi connectivity index (χ4n) is 2.55. The Labute approximate surface area is 151 Å². The quantitative estimate of drug-likeness (QED) is 0.719. The van der Waals surface area contributed by atoms with Gasteiger partial charge in [0.1, 0.15) is 0 Å². The van der Waals surface area contributed by atoms with Crippen molar-refractivity contribution in [3.05, 3.63) is 83.9 Å². The molecule has 1 heterocycles. The van der Waals surface area contributed by atoms with Crippen LogP contribution in [0.1, 0.15) is 28.4 Å². The summed E-state index contributed by atoms with van der Waals surface area (Å²) in [4.78, 5) is 27.3. The van der Waals surface area contributed by atoms with Gasteiger partial charge in [0.15, 0.2) is 0 Å². The molecule has 0 bridgehead atoms. The van der Waals surface area contributed by atoms with Crippen molar-refractivity contribution in [3.8, 4) is 0 Å². The molecule has 0 fully saturated rings. The van der Waals surface area contributed by atoms with E-state index in [0.29, 0.717) is 17.8 Å². The van der Waals surface area contributed by atoms with Crippen LogP contribution in [0.3, 0.4) is 0 Å². The summed E-state index contributed by atoms with van der Waals surface area (Å²) in [5.74, 6) is -0.291. The van der Waals surface area contributed by atoms with Crippen LogP contribution in [0.5, 0.6) is 0 Å². The molecule has 0 saturated carbocycles. The van der Waals surface area contributed by atoms with Crippen LogP contribution in [0.25, 0.3) is 0 Å². The average molecular weight is 348 g/mol. The number of rotatable bonds is 6. The number of carbonyl (C=O) groups excluding carboxylic acids is 2. The van der Waals surface area contributed by atoms with E-state index in [2.05, 4.69) is 15.6 Å². The van der Waals surface area contributed by atoms with E-state index in [1.165, 1.54) is 12.5 Å². The molecule has 1 aromatic heterocycles. The van der Waals surface area contributed by atoms with Gasteiger partial charge in [0.25, 0.3) is 5.91 Å². The van der Waals surface area contributed by atoms with Gasteiger partial charge in [-0.25, -0.2) is 4.98 Å². The van der Waals surface area contributed by atoms with Crippen molar-refractivity contribution >= 4 is 17.5 Å². The van der Waals surface area contributed by atoms with Crippen LogP contribution in [-0.2, 0) is 17.9 Å². The molecule has 0 unspecified atom stereocenters. The van der Waals surface area contributed by atoms with E-state index in [1.54, 1.807) is 36.8 Å². The Kier molecular flexibility index (Phi) is 5.43. The standard InChI is InChI=1S/C20H20N4O2/c1-15(25)23-19-8-6-18(7-9-19)20(26)22-12-16-2-4-17(5-3-16)13-24-11-10-21-14-24/h2-11,14H,12-13H2,1H3,(H,22,26)(H,23,25). The van der Waals surface area contributed by atoms with Crippen LogP contribution in [0.15, 0.2) is 67.3 Å². The van der Waals surface area contributed by atoms with E-state index in [4.69, 9.17) is 0 Å². The molecule has 132 valence electrons. The largest absolute Gasteiger partial charge is 0.348 e. The normalized spacial score (nSPS) is 10.3. The van der Waals surface area contributed by atoms with Gasteiger partial charge in [-0.3, -0.25) is 9.59 Å². The predicted octanol–water partition coefficient (Wildman–Crippen LogP) is 2.82. The first kappa shape index (κ1) is 17.4. The zero-order valence-electron chi connectivity index (χ0n) is 14.5. The van der Waals surface area contributed by atoms with Gasteiger partial charge >= 0.3 is 0 Å². The van der Waals surface area contributed by atoms with Crippen LogP contribution >= 0.6 is 0 Å². The van der Waals surface area contributed by atoms with Gasteiger partial charge in [0.2, 0.25) is 5.91 Å². The predicted molar refractivity (Wildman–Crippen MR) is 99.7 cm³/mol. The molecule has 0 aliphatic rings. The van der Waals surface area contributed by atoms with Crippen molar-refractivity contribution < 1.29 is 9.59 Å². The van der Waals surface area contributed by atoms with Gasteiger partial charge in [0.05, 0.1) is 6.33 Å². The summed E-state index contributed by atoms with van der Waals surface area (Å²) in [5, 5.41) is 5.57. The van der Waals surface area contributed by atoms with Crippen molar-refractivity contribution in [2.24, 2.45) is 0 Å². The van der Waals surface area contributed by atoms with E-state index in [-0.39, 0.29) is 11.8 Å². The van der Waals surface area contributed by atoms with Gasteiger partial charge in [-0.05, 0) is 35.4 Å². The highest BCUT2D eigenvalue weighted by molar-refractivity contribution is 5.95.